The molecule has 0 aromatic rings. The van der Waals surface area contributed by atoms with Crippen LogP contribution in [-0.2, 0) is 0 Å². The first-order valence-electron chi connectivity index (χ1n) is 2.65. The van der Waals surface area contributed by atoms with E-state index in [0.29, 0.717) is 5.92 Å². The first kappa shape index (κ1) is 4.85. The Balaban J connectivity index is 2.42. The molecule has 0 aliphatic heterocycles. The molecule has 0 unspecified atom stereocenters. The average Bonchev–Trinajstić information content (AvgIpc) is 1.87. The Hall–Kier alpha value is -0.300. The first-order chi connectivity index (χ1) is 3.29. The highest BCUT2D eigenvalue weighted by molar-refractivity contribution is 5.00. The molecule has 0 radical (unpaired) electrons. The molecular weight excluding hydrogens is 88.1 g/mol. The fourth-order valence-electron chi connectivity index (χ4n) is 0.856. The van der Waals surface area contributed by atoms with Gasteiger partial charge in [-0.1, -0.05) is 19.1 Å². The van der Waals surface area contributed by atoms with Crippen molar-refractivity contribution in [3.63, 3.8) is 0 Å². The van der Waals surface area contributed by atoms with Crippen LogP contribution >= 0.6 is 0 Å². The zero-order chi connectivity index (χ0) is 5.28. The fourth-order valence-corrected chi connectivity index (χ4v) is 0.856. The Morgan fingerprint density at radius 3 is 2.43 bits per heavy atom. The molecule has 1 heteroatoms. The summed E-state index contributed by atoms with van der Waals surface area (Å²) in [5.74, 6) is 0.593. The molecule has 1 rings (SSSR count). The molecule has 2 atom stereocenters. The van der Waals surface area contributed by atoms with Gasteiger partial charge in [0.05, 0.1) is 6.10 Å². The molecule has 40 valence electrons. The number of rotatable bonds is 0. The predicted molar refractivity (Wildman–Crippen MR) is 28.9 cm³/mol. The van der Waals surface area contributed by atoms with Gasteiger partial charge < -0.3 is 5.11 Å². The summed E-state index contributed by atoms with van der Waals surface area (Å²) in [6, 6.07) is 0. The van der Waals surface area contributed by atoms with Gasteiger partial charge in [0.2, 0.25) is 0 Å². The molecular formula is C6H10O. The summed E-state index contributed by atoms with van der Waals surface area (Å²) in [5.41, 5.74) is 0. The Bertz CT molecular complexity index is 76.2. The van der Waals surface area contributed by atoms with Gasteiger partial charge in [-0.2, -0.15) is 0 Å². The lowest BCUT2D eigenvalue weighted by Gasteiger charge is -1.96. The largest absolute Gasteiger partial charge is 0.389 e. The minimum Gasteiger partial charge on any atom is -0.389 e. The highest BCUT2D eigenvalue weighted by Crippen LogP contribution is 2.15. The molecule has 0 bridgehead atoms. The second-order valence-electron chi connectivity index (χ2n) is 2.17. The lowest BCUT2D eigenvalue weighted by molar-refractivity contribution is 0.212. The van der Waals surface area contributed by atoms with Crippen molar-refractivity contribution in [1.82, 2.24) is 0 Å². The van der Waals surface area contributed by atoms with Crippen molar-refractivity contribution in [3.05, 3.63) is 12.2 Å². The maximum atomic E-state index is 8.81. The lowest BCUT2D eigenvalue weighted by atomic mass is 10.1. The Morgan fingerprint density at radius 1 is 1.57 bits per heavy atom. The van der Waals surface area contributed by atoms with E-state index < -0.39 is 0 Å². The Labute approximate surface area is 43.7 Å². The van der Waals surface area contributed by atoms with Crippen LogP contribution in [0.3, 0.4) is 0 Å². The van der Waals surface area contributed by atoms with Crippen LogP contribution in [0.2, 0.25) is 0 Å². The summed E-state index contributed by atoms with van der Waals surface area (Å²) in [6.07, 6.45) is 4.66. The molecule has 0 saturated heterocycles. The van der Waals surface area contributed by atoms with Crippen LogP contribution in [0.1, 0.15) is 13.3 Å². The second-order valence-corrected chi connectivity index (χ2v) is 2.17. The van der Waals surface area contributed by atoms with E-state index in [2.05, 4.69) is 6.92 Å². The highest BCUT2D eigenvalue weighted by atomic mass is 16.3. The topological polar surface area (TPSA) is 20.2 Å². The van der Waals surface area contributed by atoms with Crippen LogP contribution in [0.25, 0.3) is 0 Å². The molecule has 0 aromatic heterocycles. The maximum absolute atomic E-state index is 8.81. The molecule has 0 heterocycles. The van der Waals surface area contributed by atoms with Crippen molar-refractivity contribution in [2.24, 2.45) is 5.92 Å². The van der Waals surface area contributed by atoms with Crippen molar-refractivity contribution in [2.75, 3.05) is 0 Å². The van der Waals surface area contributed by atoms with Crippen molar-refractivity contribution in [3.8, 4) is 0 Å². The summed E-state index contributed by atoms with van der Waals surface area (Å²) in [4.78, 5) is 0. The smallest absolute Gasteiger partial charge is 0.0726 e. The van der Waals surface area contributed by atoms with E-state index in [9.17, 15) is 0 Å². The van der Waals surface area contributed by atoms with E-state index in [1.54, 1.807) is 0 Å². The van der Waals surface area contributed by atoms with Crippen molar-refractivity contribution < 1.29 is 5.11 Å². The zero-order valence-corrected chi connectivity index (χ0v) is 4.46. The molecule has 0 amide bonds. The van der Waals surface area contributed by atoms with Gasteiger partial charge in [0.15, 0.2) is 0 Å². The third-order valence-electron chi connectivity index (χ3n) is 1.28. The average molecular weight is 98.1 g/mol. The monoisotopic (exact) mass is 98.1 g/mol. The predicted octanol–water partition coefficient (Wildman–Crippen LogP) is 0.943. The number of allylic oxidation sites excluding steroid dienone is 1. The molecule has 1 nitrogen and oxygen atoms in total. The summed E-state index contributed by atoms with van der Waals surface area (Å²) < 4.78 is 0. The molecule has 1 aliphatic rings. The van der Waals surface area contributed by atoms with Gasteiger partial charge in [0.25, 0.3) is 0 Å². The summed E-state index contributed by atoms with van der Waals surface area (Å²) >= 11 is 0. The van der Waals surface area contributed by atoms with Gasteiger partial charge in [-0.05, 0) is 12.3 Å². The number of aliphatic hydroxyl groups excluding tert-OH is 1. The molecule has 0 saturated carbocycles. The van der Waals surface area contributed by atoms with Crippen LogP contribution < -0.4 is 0 Å². The van der Waals surface area contributed by atoms with Crippen molar-refractivity contribution >= 4 is 0 Å². The van der Waals surface area contributed by atoms with Gasteiger partial charge in [-0.15, -0.1) is 0 Å². The summed E-state index contributed by atoms with van der Waals surface area (Å²) in [5, 5.41) is 8.81. The van der Waals surface area contributed by atoms with Gasteiger partial charge in [-0.25, -0.2) is 0 Å². The van der Waals surface area contributed by atoms with Gasteiger partial charge in [0.1, 0.15) is 0 Å². The van der Waals surface area contributed by atoms with E-state index in [4.69, 9.17) is 5.11 Å². The van der Waals surface area contributed by atoms with Gasteiger partial charge >= 0.3 is 0 Å². The first-order valence-corrected chi connectivity index (χ1v) is 2.65. The lowest BCUT2D eigenvalue weighted by Crippen LogP contribution is -1.97. The van der Waals surface area contributed by atoms with E-state index in [1.807, 2.05) is 12.2 Å². The fraction of sp³-hybridized carbons (Fsp3) is 0.667. The second kappa shape index (κ2) is 1.66. The van der Waals surface area contributed by atoms with Crippen LogP contribution in [0.15, 0.2) is 12.2 Å². The third-order valence-corrected chi connectivity index (χ3v) is 1.28. The number of hydrogen-bond acceptors (Lipinski definition) is 1. The van der Waals surface area contributed by atoms with Crippen LogP contribution in [0.4, 0.5) is 0 Å². The van der Waals surface area contributed by atoms with Crippen LogP contribution in [-0.4, -0.2) is 11.2 Å². The molecule has 0 spiro atoms. The number of hydrogen-bond donors (Lipinski definition) is 1. The quantitative estimate of drug-likeness (QED) is 0.447. The molecule has 7 heavy (non-hydrogen) atoms. The standard InChI is InChI=1S/C6H10O/c1-5-2-3-6(7)4-5/h2-3,5-7H,4H2,1H3/t5-,6+/m0/s1. The normalized spacial score (nSPS) is 39.7. The zero-order valence-electron chi connectivity index (χ0n) is 4.46. The molecule has 1 N–H and O–H groups in total. The van der Waals surface area contributed by atoms with E-state index in [1.165, 1.54) is 0 Å². The van der Waals surface area contributed by atoms with Crippen LogP contribution in [0.5, 0.6) is 0 Å². The summed E-state index contributed by atoms with van der Waals surface area (Å²) in [6.45, 7) is 2.10. The molecule has 0 aromatic carbocycles. The minimum atomic E-state index is -0.157. The van der Waals surface area contributed by atoms with E-state index in [-0.39, 0.29) is 6.10 Å². The van der Waals surface area contributed by atoms with Gasteiger partial charge in [-0.3, -0.25) is 0 Å². The van der Waals surface area contributed by atoms with Gasteiger partial charge in [0, 0.05) is 0 Å². The Morgan fingerprint density at radius 2 is 2.29 bits per heavy atom. The minimum absolute atomic E-state index is 0.157. The number of aliphatic hydroxyl groups is 1. The summed E-state index contributed by atoms with van der Waals surface area (Å²) in [7, 11) is 0. The van der Waals surface area contributed by atoms with E-state index in [0.717, 1.165) is 6.42 Å². The van der Waals surface area contributed by atoms with E-state index >= 15 is 0 Å². The maximum Gasteiger partial charge on any atom is 0.0726 e. The highest BCUT2D eigenvalue weighted by Gasteiger charge is 2.10. The Kier molecular flexibility index (Phi) is 1.15. The van der Waals surface area contributed by atoms with Crippen LogP contribution in [0, 0.1) is 5.92 Å². The molecule has 0 fully saturated rings. The third kappa shape index (κ3) is 1.03. The molecule has 1 aliphatic carbocycles. The van der Waals surface area contributed by atoms with Crippen molar-refractivity contribution in [1.29, 1.82) is 0 Å². The SMILES string of the molecule is C[C@H]1C=C[C@@H](O)C1. The van der Waals surface area contributed by atoms with Crippen molar-refractivity contribution in [2.45, 2.75) is 19.4 Å².